The van der Waals surface area contributed by atoms with Gasteiger partial charge in [-0.15, -0.1) is 0 Å². The Morgan fingerprint density at radius 1 is 1.21 bits per heavy atom. The lowest BCUT2D eigenvalue weighted by molar-refractivity contribution is -0.384. The van der Waals surface area contributed by atoms with Gasteiger partial charge in [0.15, 0.2) is 6.61 Å². The first kappa shape index (κ1) is 21.0. The van der Waals surface area contributed by atoms with Crippen molar-refractivity contribution < 1.29 is 24.0 Å². The number of hydrogen-bond acceptors (Lipinski definition) is 6. The van der Waals surface area contributed by atoms with Gasteiger partial charge in [-0.05, 0) is 43.7 Å². The van der Waals surface area contributed by atoms with Crippen molar-refractivity contribution in [3.8, 4) is 0 Å². The molecule has 0 aliphatic heterocycles. The van der Waals surface area contributed by atoms with Crippen LogP contribution < -0.4 is 0 Å². The van der Waals surface area contributed by atoms with Crippen molar-refractivity contribution in [2.75, 3.05) is 20.3 Å². The third-order valence-corrected chi connectivity index (χ3v) is 4.25. The summed E-state index contributed by atoms with van der Waals surface area (Å²) in [5, 5.41) is 10.6. The second-order valence-corrected chi connectivity index (χ2v) is 6.14. The van der Waals surface area contributed by atoms with Crippen LogP contribution in [0.25, 0.3) is 6.08 Å². The summed E-state index contributed by atoms with van der Waals surface area (Å²) in [5.41, 5.74) is 2.82. The van der Waals surface area contributed by atoms with Gasteiger partial charge in [-0.1, -0.05) is 0 Å². The van der Waals surface area contributed by atoms with Crippen LogP contribution in [-0.2, 0) is 20.8 Å². The second-order valence-electron chi connectivity index (χ2n) is 6.14. The van der Waals surface area contributed by atoms with Crippen LogP contribution in [0.1, 0.15) is 27.3 Å². The highest BCUT2D eigenvalue weighted by Crippen LogP contribution is 2.16. The van der Waals surface area contributed by atoms with Crippen LogP contribution in [0, 0.1) is 24.0 Å². The number of nitro benzene ring substituents is 1. The Balaban J connectivity index is 1.93. The summed E-state index contributed by atoms with van der Waals surface area (Å²) < 4.78 is 12.1. The molecule has 1 aromatic carbocycles. The van der Waals surface area contributed by atoms with E-state index in [-0.39, 0.29) is 18.1 Å². The van der Waals surface area contributed by atoms with Gasteiger partial charge in [-0.25, -0.2) is 4.79 Å². The fourth-order valence-corrected chi connectivity index (χ4v) is 2.74. The van der Waals surface area contributed by atoms with Crippen molar-refractivity contribution in [2.24, 2.45) is 0 Å². The summed E-state index contributed by atoms with van der Waals surface area (Å²) >= 11 is 0. The van der Waals surface area contributed by atoms with E-state index in [9.17, 15) is 19.7 Å². The summed E-state index contributed by atoms with van der Waals surface area (Å²) in [6, 6.07) is 7.49. The number of aromatic nitrogens is 1. The van der Waals surface area contributed by atoms with E-state index in [0.29, 0.717) is 24.3 Å². The molecule has 0 aliphatic rings. The lowest BCUT2D eigenvalue weighted by Gasteiger charge is -2.08. The Bertz CT molecular complexity index is 896. The molecule has 2 rings (SSSR count). The van der Waals surface area contributed by atoms with E-state index in [1.807, 2.05) is 18.4 Å². The standard InChI is InChI=1S/C20H22N2O6/c1-14-12-18(15(2)21(14)10-11-27-3)19(23)13-28-20(24)9-6-16-4-7-17(8-5-16)22(25)26/h4-9,12H,10-11,13H2,1-3H3/b9-6+. The Morgan fingerprint density at radius 2 is 1.89 bits per heavy atom. The van der Waals surface area contributed by atoms with Crippen LogP contribution in [0.15, 0.2) is 36.4 Å². The number of ketones is 1. The molecule has 0 saturated carbocycles. The fraction of sp³-hybridized carbons (Fsp3) is 0.300. The van der Waals surface area contributed by atoms with Gasteiger partial charge >= 0.3 is 5.97 Å². The highest BCUT2D eigenvalue weighted by Gasteiger charge is 2.16. The molecule has 0 radical (unpaired) electrons. The highest BCUT2D eigenvalue weighted by molar-refractivity contribution is 6.00. The molecule has 0 bridgehead atoms. The number of carbonyl (C=O) groups excluding carboxylic acids is 2. The lowest BCUT2D eigenvalue weighted by Crippen LogP contribution is -2.14. The first-order chi connectivity index (χ1) is 13.3. The van der Waals surface area contributed by atoms with E-state index in [1.54, 1.807) is 13.2 Å². The number of carbonyl (C=O) groups is 2. The minimum atomic E-state index is -0.667. The number of rotatable bonds is 9. The Hall–Kier alpha value is -3.26. The minimum Gasteiger partial charge on any atom is -0.454 e. The Labute approximate surface area is 162 Å². The molecule has 0 spiro atoms. The number of methoxy groups -OCH3 is 1. The summed E-state index contributed by atoms with van der Waals surface area (Å²) in [7, 11) is 1.61. The third-order valence-electron chi connectivity index (χ3n) is 4.25. The van der Waals surface area contributed by atoms with Gasteiger partial charge in [0, 0.05) is 48.8 Å². The number of nitrogens with zero attached hydrogens (tertiary/aromatic N) is 2. The van der Waals surface area contributed by atoms with Gasteiger partial charge < -0.3 is 14.0 Å². The molecule has 2 aromatic rings. The van der Waals surface area contributed by atoms with Gasteiger partial charge in [0.05, 0.1) is 11.5 Å². The molecule has 0 aliphatic carbocycles. The zero-order valence-corrected chi connectivity index (χ0v) is 16.0. The van der Waals surface area contributed by atoms with Crippen molar-refractivity contribution in [3.63, 3.8) is 0 Å². The van der Waals surface area contributed by atoms with Crippen molar-refractivity contribution in [1.29, 1.82) is 0 Å². The number of ether oxygens (including phenoxy) is 2. The molecule has 8 nitrogen and oxygen atoms in total. The zero-order valence-electron chi connectivity index (χ0n) is 16.0. The molecule has 1 aromatic heterocycles. The summed E-state index contributed by atoms with van der Waals surface area (Å²) in [4.78, 5) is 34.3. The second kappa shape index (κ2) is 9.61. The van der Waals surface area contributed by atoms with Crippen molar-refractivity contribution in [3.05, 3.63) is 69.0 Å². The van der Waals surface area contributed by atoms with E-state index in [2.05, 4.69) is 0 Å². The third kappa shape index (κ3) is 5.37. The zero-order chi connectivity index (χ0) is 20.7. The maximum absolute atomic E-state index is 12.4. The predicted octanol–water partition coefficient (Wildman–Crippen LogP) is 3.10. The van der Waals surface area contributed by atoms with E-state index < -0.39 is 10.9 Å². The van der Waals surface area contributed by atoms with Crippen molar-refractivity contribution >= 4 is 23.5 Å². The molecule has 1 heterocycles. The molecule has 0 saturated heterocycles. The maximum atomic E-state index is 12.4. The predicted molar refractivity (Wildman–Crippen MR) is 103 cm³/mol. The molecule has 0 N–H and O–H groups in total. The van der Waals surface area contributed by atoms with Crippen LogP contribution in [0.5, 0.6) is 0 Å². The molecule has 0 atom stereocenters. The topological polar surface area (TPSA) is 101 Å². The SMILES string of the molecule is COCCn1c(C)cc(C(=O)COC(=O)/C=C/c2ccc([N+](=O)[O-])cc2)c1C. The summed E-state index contributed by atoms with van der Waals surface area (Å²) in [5.74, 6) is -0.950. The number of Topliss-reactive ketones (excluding diaryl/α,β-unsaturated/α-hetero) is 1. The Kier molecular flexibility index (Phi) is 7.22. The number of non-ortho nitro benzene ring substituents is 1. The van der Waals surface area contributed by atoms with Crippen LogP contribution in [0.2, 0.25) is 0 Å². The van der Waals surface area contributed by atoms with Gasteiger partial charge in [0.1, 0.15) is 0 Å². The quantitative estimate of drug-likeness (QED) is 0.216. The van der Waals surface area contributed by atoms with Crippen LogP contribution >= 0.6 is 0 Å². The van der Waals surface area contributed by atoms with Crippen LogP contribution in [0.4, 0.5) is 5.69 Å². The van der Waals surface area contributed by atoms with Crippen molar-refractivity contribution in [2.45, 2.75) is 20.4 Å². The molecule has 0 fully saturated rings. The number of esters is 1. The molecule has 0 unspecified atom stereocenters. The van der Waals surface area contributed by atoms with Gasteiger partial charge in [0.2, 0.25) is 5.78 Å². The van der Waals surface area contributed by atoms with E-state index >= 15 is 0 Å². The summed E-state index contributed by atoms with van der Waals surface area (Å²) in [6.07, 6.45) is 2.64. The molecule has 0 amide bonds. The molecular formula is C20H22N2O6. The number of nitro groups is 1. The average Bonchev–Trinajstić information content (AvgIpc) is 2.96. The molecular weight excluding hydrogens is 364 g/mol. The van der Waals surface area contributed by atoms with E-state index in [0.717, 1.165) is 11.4 Å². The molecule has 28 heavy (non-hydrogen) atoms. The largest absolute Gasteiger partial charge is 0.454 e. The first-order valence-electron chi connectivity index (χ1n) is 8.61. The van der Waals surface area contributed by atoms with Gasteiger partial charge in [0.25, 0.3) is 5.69 Å². The van der Waals surface area contributed by atoms with Crippen molar-refractivity contribution in [1.82, 2.24) is 4.57 Å². The smallest absolute Gasteiger partial charge is 0.331 e. The van der Waals surface area contributed by atoms with Gasteiger partial charge in [-0.2, -0.15) is 0 Å². The summed E-state index contributed by atoms with van der Waals surface area (Å²) in [6.45, 7) is 4.55. The van der Waals surface area contributed by atoms with Gasteiger partial charge in [-0.3, -0.25) is 14.9 Å². The molecule has 148 valence electrons. The normalized spacial score (nSPS) is 11.0. The highest BCUT2D eigenvalue weighted by atomic mass is 16.6. The fourth-order valence-electron chi connectivity index (χ4n) is 2.74. The maximum Gasteiger partial charge on any atom is 0.331 e. The molecule has 8 heteroatoms. The lowest BCUT2D eigenvalue weighted by atomic mass is 10.1. The average molecular weight is 386 g/mol. The minimum absolute atomic E-state index is 0.0339. The first-order valence-corrected chi connectivity index (χ1v) is 8.61. The Morgan fingerprint density at radius 3 is 2.50 bits per heavy atom. The van der Waals surface area contributed by atoms with E-state index in [1.165, 1.54) is 36.4 Å². The number of aryl methyl sites for hydroxylation is 1. The number of benzene rings is 1. The monoisotopic (exact) mass is 386 g/mol. The number of hydrogen-bond donors (Lipinski definition) is 0. The van der Waals surface area contributed by atoms with E-state index in [4.69, 9.17) is 9.47 Å². The van der Waals surface area contributed by atoms with Crippen LogP contribution in [-0.4, -0.2) is 41.6 Å². The van der Waals surface area contributed by atoms with Crippen LogP contribution in [0.3, 0.4) is 0 Å².